The molecule has 4 heterocycles. The molecule has 5 N–H and O–H groups in total. The molecule has 3 aromatic heterocycles. The summed E-state index contributed by atoms with van der Waals surface area (Å²) in [5.74, 6) is -0.486. The van der Waals surface area contributed by atoms with Gasteiger partial charge in [0.2, 0.25) is 5.95 Å². The smallest absolute Gasteiger partial charge is 0.459 e. The molecular formula is C29H38N7O8PS. The number of benzene rings is 1. The van der Waals surface area contributed by atoms with E-state index in [4.69, 9.17) is 24.3 Å². The lowest BCUT2D eigenvalue weighted by atomic mass is 9.96. The van der Waals surface area contributed by atoms with Crippen LogP contribution in [-0.2, 0) is 23.4 Å². The van der Waals surface area contributed by atoms with Crippen molar-refractivity contribution >= 4 is 53.5 Å². The number of rotatable bonds is 11. The van der Waals surface area contributed by atoms with Gasteiger partial charge >= 0.3 is 13.7 Å². The number of nitrogens with zero attached hydrogens (tertiary/aromatic N) is 5. The van der Waals surface area contributed by atoms with Crippen LogP contribution in [0, 0.1) is 5.41 Å². The summed E-state index contributed by atoms with van der Waals surface area (Å²) >= 11 is 1.32. The number of ether oxygens (including phenoxy) is 2. The number of carbonyl (C=O) groups excluding carboxylic acids is 1. The van der Waals surface area contributed by atoms with E-state index >= 15 is 0 Å². The van der Waals surface area contributed by atoms with E-state index in [-0.39, 0.29) is 23.7 Å². The lowest BCUT2D eigenvalue weighted by Crippen LogP contribution is -2.44. The van der Waals surface area contributed by atoms with Crippen LogP contribution in [0.5, 0.6) is 5.75 Å². The van der Waals surface area contributed by atoms with E-state index in [0.717, 1.165) is 5.39 Å². The molecular weight excluding hydrogens is 637 g/mol. The van der Waals surface area contributed by atoms with Crippen LogP contribution in [0.25, 0.3) is 22.1 Å². The Labute approximate surface area is 269 Å². The Morgan fingerprint density at radius 3 is 2.76 bits per heavy atom. The number of nitrogen functional groups attached to an aromatic ring is 1. The lowest BCUT2D eigenvalue weighted by molar-refractivity contribution is -0.148. The van der Waals surface area contributed by atoms with Gasteiger partial charge in [0.1, 0.15) is 40.1 Å². The maximum Gasteiger partial charge on any atom is 0.459 e. The summed E-state index contributed by atoms with van der Waals surface area (Å²) in [6.07, 6.45) is 0.978. The normalized spacial score (nSPS) is 23.8. The Morgan fingerprint density at radius 2 is 2.04 bits per heavy atom. The summed E-state index contributed by atoms with van der Waals surface area (Å²) in [5.41, 5.74) is 5.17. The molecule has 0 radical (unpaired) electrons. The molecule has 0 amide bonds. The molecule has 15 nitrogen and oxygen atoms in total. The van der Waals surface area contributed by atoms with Gasteiger partial charge in [0, 0.05) is 11.6 Å². The minimum Gasteiger partial charge on any atom is -0.464 e. The fraction of sp³-hybridized carbons (Fsp3) is 0.483. The fourth-order valence-corrected chi connectivity index (χ4v) is 6.83. The molecule has 46 heavy (non-hydrogen) atoms. The van der Waals surface area contributed by atoms with Crippen LogP contribution in [-0.4, -0.2) is 84.0 Å². The number of pyridine rings is 1. The van der Waals surface area contributed by atoms with E-state index in [2.05, 4.69) is 25.0 Å². The summed E-state index contributed by atoms with van der Waals surface area (Å²) in [7, 11) is -4.35. The van der Waals surface area contributed by atoms with Crippen LogP contribution < -0.4 is 15.3 Å². The SMILES string of the molecule is CSc1nc(N)nc2c1ncn2C1O[C@H](COP(=O)(N[C@@H](C)C(=O)OCC(C)(C)C)Oc2ccc3ncccc3c2)[C@@H](O)[C@@]1(C)O. The molecule has 0 aliphatic carbocycles. The summed E-state index contributed by atoms with van der Waals surface area (Å²) in [4.78, 5) is 29.9. The molecule has 1 fully saturated rings. The molecule has 4 aromatic rings. The molecule has 0 spiro atoms. The number of anilines is 1. The zero-order chi connectivity index (χ0) is 33.4. The Morgan fingerprint density at radius 1 is 1.28 bits per heavy atom. The third kappa shape index (κ3) is 7.28. The molecule has 2 unspecified atom stereocenters. The Kier molecular flexibility index (Phi) is 9.62. The topological polar surface area (TPSA) is 206 Å². The van der Waals surface area contributed by atoms with Gasteiger partial charge in [-0.15, -0.1) is 11.8 Å². The average Bonchev–Trinajstić information content (AvgIpc) is 3.50. The molecule has 1 saturated heterocycles. The average molecular weight is 676 g/mol. The van der Waals surface area contributed by atoms with Crippen LogP contribution in [0.15, 0.2) is 47.9 Å². The molecule has 17 heteroatoms. The molecule has 0 saturated carbocycles. The van der Waals surface area contributed by atoms with Crippen molar-refractivity contribution in [2.45, 2.75) is 69.7 Å². The van der Waals surface area contributed by atoms with Gasteiger partial charge in [-0.25, -0.2) is 14.5 Å². The molecule has 248 valence electrons. The van der Waals surface area contributed by atoms with Gasteiger partial charge in [-0.1, -0.05) is 26.8 Å². The maximum absolute atomic E-state index is 14.2. The van der Waals surface area contributed by atoms with Crippen molar-refractivity contribution in [2.24, 2.45) is 5.41 Å². The molecule has 0 bridgehead atoms. The minimum absolute atomic E-state index is 0.000418. The molecule has 1 aliphatic heterocycles. The van der Waals surface area contributed by atoms with Crippen molar-refractivity contribution in [2.75, 3.05) is 25.2 Å². The number of nitrogens with two attached hydrogens (primary N) is 1. The number of aromatic nitrogens is 5. The number of hydrogen-bond acceptors (Lipinski definition) is 14. The first kappa shape index (κ1) is 34.0. The monoisotopic (exact) mass is 675 g/mol. The Balaban J connectivity index is 1.38. The highest BCUT2D eigenvalue weighted by Crippen LogP contribution is 2.47. The lowest BCUT2D eigenvalue weighted by Gasteiger charge is -2.27. The second-order valence-corrected chi connectivity index (χ2v) is 14.9. The quantitative estimate of drug-likeness (QED) is 0.0777. The van der Waals surface area contributed by atoms with E-state index in [0.29, 0.717) is 21.7 Å². The summed E-state index contributed by atoms with van der Waals surface area (Å²) in [5, 5.41) is 26.4. The van der Waals surface area contributed by atoms with Crippen molar-refractivity contribution in [3.63, 3.8) is 0 Å². The van der Waals surface area contributed by atoms with Gasteiger partial charge < -0.3 is 29.9 Å². The second kappa shape index (κ2) is 13.0. The van der Waals surface area contributed by atoms with Gasteiger partial charge in [-0.2, -0.15) is 10.1 Å². The zero-order valence-electron chi connectivity index (χ0n) is 26.3. The number of aliphatic hydroxyl groups excluding tert-OH is 1. The highest BCUT2D eigenvalue weighted by atomic mass is 32.2. The molecule has 1 aromatic carbocycles. The summed E-state index contributed by atoms with van der Waals surface area (Å²) in [6, 6.07) is 7.35. The van der Waals surface area contributed by atoms with E-state index < -0.39 is 50.4 Å². The highest BCUT2D eigenvalue weighted by Gasteiger charge is 2.54. The fourth-order valence-electron chi connectivity index (χ4n) is 4.81. The summed E-state index contributed by atoms with van der Waals surface area (Å²) < 4.78 is 38.8. The van der Waals surface area contributed by atoms with Gasteiger partial charge in [-0.05, 0) is 49.8 Å². The first-order valence-electron chi connectivity index (χ1n) is 14.4. The van der Waals surface area contributed by atoms with Crippen molar-refractivity contribution in [1.29, 1.82) is 0 Å². The number of nitrogens with one attached hydrogen (secondary N) is 1. The van der Waals surface area contributed by atoms with E-state index in [1.54, 1.807) is 30.5 Å². The van der Waals surface area contributed by atoms with Crippen molar-refractivity contribution in [3.8, 4) is 5.75 Å². The third-order valence-electron chi connectivity index (χ3n) is 7.17. The predicted molar refractivity (Wildman–Crippen MR) is 171 cm³/mol. The highest BCUT2D eigenvalue weighted by molar-refractivity contribution is 7.98. The minimum atomic E-state index is -4.35. The number of imidazole rings is 1. The number of aliphatic hydroxyl groups is 2. The van der Waals surface area contributed by atoms with Crippen molar-refractivity contribution < 1.29 is 38.1 Å². The first-order chi connectivity index (χ1) is 21.6. The van der Waals surface area contributed by atoms with Crippen molar-refractivity contribution in [3.05, 3.63) is 42.9 Å². The second-order valence-electron chi connectivity index (χ2n) is 12.4. The van der Waals surface area contributed by atoms with Crippen LogP contribution in [0.3, 0.4) is 0 Å². The predicted octanol–water partition coefficient (Wildman–Crippen LogP) is 3.46. The molecule has 6 atom stereocenters. The van der Waals surface area contributed by atoms with Gasteiger partial charge in [0.05, 0.1) is 25.1 Å². The van der Waals surface area contributed by atoms with Gasteiger partial charge in [0.25, 0.3) is 0 Å². The number of esters is 1. The Hall–Kier alpha value is -3.37. The standard InChI is InChI=1S/C29H38N7O8PS/c1-16(25(38)41-14-28(2,3)4)35-45(40,44-18-9-10-19-17(12-18)8-7-11-31-19)42-13-20-22(37)29(5,39)26(43-20)36-15-32-21-23(36)33-27(30)34-24(21)46-6/h7-12,15-16,20,22,26,37,39H,13-14H2,1-6H3,(H,35,40)(H2,30,33,34)/t16-,20+,22+,26?,29+,45?/m0/s1. The number of thioether (sulfide) groups is 1. The third-order valence-corrected chi connectivity index (χ3v) is 9.48. The van der Waals surface area contributed by atoms with E-state index in [9.17, 15) is 19.6 Å². The van der Waals surface area contributed by atoms with E-state index in [1.807, 2.05) is 33.1 Å². The zero-order valence-corrected chi connectivity index (χ0v) is 28.0. The largest absolute Gasteiger partial charge is 0.464 e. The maximum atomic E-state index is 14.2. The van der Waals surface area contributed by atoms with Crippen molar-refractivity contribution in [1.82, 2.24) is 29.6 Å². The molecule has 1 aliphatic rings. The molecule has 5 rings (SSSR count). The number of hydrogen-bond donors (Lipinski definition) is 4. The van der Waals surface area contributed by atoms with Crippen LogP contribution in [0.4, 0.5) is 5.95 Å². The van der Waals surface area contributed by atoms with Gasteiger partial charge in [0.15, 0.2) is 11.9 Å². The number of fused-ring (bicyclic) bond motifs is 2. The van der Waals surface area contributed by atoms with Crippen LogP contribution >= 0.6 is 19.5 Å². The van der Waals surface area contributed by atoms with Crippen LogP contribution in [0.1, 0.15) is 40.8 Å². The summed E-state index contributed by atoms with van der Waals surface area (Å²) in [6.45, 7) is 8.23. The van der Waals surface area contributed by atoms with E-state index in [1.165, 1.54) is 36.5 Å². The van der Waals surface area contributed by atoms with Crippen LogP contribution in [0.2, 0.25) is 0 Å². The Bertz CT molecular complexity index is 1780. The van der Waals surface area contributed by atoms with Gasteiger partial charge in [-0.3, -0.25) is 18.9 Å². The first-order valence-corrected chi connectivity index (χ1v) is 17.2. The number of carbonyl (C=O) groups is 1.